The predicted octanol–water partition coefficient (Wildman–Crippen LogP) is 1.68. The van der Waals surface area contributed by atoms with Crippen LogP contribution in [0.25, 0.3) is 10.9 Å². The molecule has 0 amide bonds. The van der Waals surface area contributed by atoms with E-state index in [0.29, 0.717) is 0 Å². The minimum absolute atomic E-state index is 0.797. The van der Waals surface area contributed by atoms with Gasteiger partial charge >= 0.3 is 0 Å². The SMILES string of the molecule is c1cc2c(cc1C1CCCCC1)c1c3n2CCNC3=[NH+]CC1. The zero-order chi connectivity index (χ0) is 14.5. The van der Waals surface area contributed by atoms with Crippen LogP contribution < -0.4 is 10.3 Å². The van der Waals surface area contributed by atoms with Gasteiger partial charge in [-0.15, -0.1) is 0 Å². The molecule has 3 nitrogen and oxygen atoms in total. The molecule has 0 unspecified atom stereocenters. The van der Waals surface area contributed by atoms with Crippen LogP contribution >= 0.6 is 0 Å². The summed E-state index contributed by atoms with van der Waals surface area (Å²) < 4.78 is 2.52. The van der Waals surface area contributed by atoms with Gasteiger partial charge in [0, 0.05) is 17.3 Å². The highest BCUT2D eigenvalue weighted by molar-refractivity contribution is 6.03. The summed E-state index contributed by atoms with van der Waals surface area (Å²) in [5.74, 6) is 2.05. The molecule has 1 aromatic carbocycles. The van der Waals surface area contributed by atoms with E-state index in [0.717, 1.165) is 32.0 Å². The van der Waals surface area contributed by atoms with Crippen molar-refractivity contribution in [2.45, 2.75) is 51.0 Å². The lowest BCUT2D eigenvalue weighted by molar-refractivity contribution is -0.460. The van der Waals surface area contributed by atoms with Crippen LogP contribution in [0.15, 0.2) is 18.2 Å². The summed E-state index contributed by atoms with van der Waals surface area (Å²) in [5, 5.41) is 5.06. The molecule has 2 aliphatic heterocycles. The number of rotatable bonds is 1. The van der Waals surface area contributed by atoms with E-state index in [2.05, 4.69) is 33.1 Å². The summed E-state index contributed by atoms with van der Waals surface area (Å²) in [5.41, 5.74) is 6.01. The van der Waals surface area contributed by atoms with Gasteiger partial charge in [0.15, 0.2) is 0 Å². The standard InChI is InChI=1S/C19H23N3/c1-2-4-13(5-3-1)14-6-7-17-16(12-14)15-8-9-20-19-18(15)22(17)11-10-21-19/h6-7,12-13H,1-5,8-11H2,(H,20,21)/p+1. The molecule has 2 N–H and O–H groups in total. The number of nitrogens with one attached hydrogen (secondary N) is 2. The maximum absolute atomic E-state index is 3.54. The van der Waals surface area contributed by atoms with E-state index >= 15 is 0 Å². The molecule has 1 aliphatic carbocycles. The first-order valence-corrected chi connectivity index (χ1v) is 8.92. The van der Waals surface area contributed by atoms with Gasteiger partial charge in [0.25, 0.3) is 5.84 Å². The molecule has 0 atom stereocenters. The summed E-state index contributed by atoms with van der Waals surface area (Å²) in [4.78, 5) is 3.54. The van der Waals surface area contributed by atoms with E-state index in [1.54, 1.807) is 11.1 Å². The second kappa shape index (κ2) is 4.87. The van der Waals surface area contributed by atoms with Crippen molar-refractivity contribution in [3.8, 4) is 0 Å². The zero-order valence-electron chi connectivity index (χ0n) is 13.1. The van der Waals surface area contributed by atoms with Crippen molar-refractivity contribution in [3.63, 3.8) is 0 Å². The first-order chi connectivity index (χ1) is 10.9. The largest absolute Gasteiger partial charge is 0.330 e. The summed E-state index contributed by atoms with van der Waals surface area (Å²) in [6, 6.07) is 7.32. The van der Waals surface area contributed by atoms with Gasteiger partial charge in [0.2, 0.25) is 0 Å². The Morgan fingerprint density at radius 2 is 2.05 bits per heavy atom. The molecule has 3 heterocycles. The summed E-state index contributed by atoms with van der Waals surface area (Å²) >= 11 is 0. The Balaban J connectivity index is 1.68. The van der Waals surface area contributed by atoms with Crippen LogP contribution in [0.5, 0.6) is 0 Å². The second-order valence-electron chi connectivity index (χ2n) is 7.07. The third-order valence-corrected chi connectivity index (χ3v) is 5.82. The fourth-order valence-electron chi connectivity index (χ4n) is 4.74. The van der Waals surface area contributed by atoms with Gasteiger partial charge in [-0.05, 0) is 42.0 Å². The van der Waals surface area contributed by atoms with Gasteiger partial charge in [0.05, 0.1) is 13.1 Å². The Morgan fingerprint density at radius 3 is 2.95 bits per heavy atom. The molecule has 5 rings (SSSR count). The molecule has 1 saturated carbocycles. The molecular formula is C19H24N3+. The van der Waals surface area contributed by atoms with Gasteiger partial charge in [0.1, 0.15) is 12.2 Å². The zero-order valence-corrected chi connectivity index (χ0v) is 13.1. The number of fused-ring (bicyclic) bond motifs is 3. The van der Waals surface area contributed by atoms with Gasteiger partial charge in [-0.2, -0.15) is 0 Å². The number of amidine groups is 1. The van der Waals surface area contributed by atoms with Crippen LogP contribution in [0.1, 0.15) is 54.8 Å². The van der Waals surface area contributed by atoms with Crippen LogP contribution in [0.4, 0.5) is 0 Å². The van der Waals surface area contributed by atoms with Gasteiger partial charge in [-0.1, -0.05) is 25.3 Å². The van der Waals surface area contributed by atoms with Crippen LogP contribution in [0, 0.1) is 0 Å². The summed E-state index contributed by atoms with van der Waals surface area (Å²) in [6.07, 6.45) is 8.17. The molecule has 2 aromatic rings. The number of nitrogens with zero attached hydrogens (tertiary/aromatic N) is 1. The van der Waals surface area contributed by atoms with Crippen molar-refractivity contribution in [1.29, 1.82) is 0 Å². The van der Waals surface area contributed by atoms with Crippen molar-refractivity contribution < 1.29 is 4.99 Å². The molecule has 114 valence electrons. The second-order valence-corrected chi connectivity index (χ2v) is 7.07. The van der Waals surface area contributed by atoms with E-state index in [9.17, 15) is 0 Å². The lowest BCUT2D eigenvalue weighted by Crippen LogP contribution is -2.79. The van der Waals surface area contributed by atoms with Crippen LogP contribution in [-0.2, 0) is 13.0 Å². The van der Waals surface area contributed by atoms with Crippen molar-refractivity contribution >= 4 is 16.7 Å². The Labute approximate surface area is 131 Å². The Bertz CT molecular complexity index is 763. The number of hydrogen-bond donors (Lipinski definition) is 2. The monoisotopic (exact) mass is 294 g/mol. The summed E-state index contributed by atoms with van der Waals surface area (Å²) in [7, 11) is 0. The number of aromatic nitrogens is 1. The van der Waals surface area contributed by atoms with Crippen molar-refractivity contribution in [2.75, 3.05) is 13.1 Å². The fraction of sp³-hybridized carbons (Fsp3) is 0.526. The number of benzene rings is 1. The summed E-state index contributed by atoms with van der Waals surface area (Å²) in [6.45, 7) is 3.17. The van der Waals surface area contributed by atoms with Crippen LogP contribution in [0.2, 0.25) is 0 Å². The molecule has 0 radical (unpaired) electrons. The van der Waals surface area contributed by atoms with E-state index in [1.807, 2.05) is 0 Å². The topological polar surface area (TPSA) is 30.9 Å². The molecular weight excluding hydrogens is 270 g/mol. The number of hydrogen-bond acceptors (Lipinski definition) is 1. The van der Waals surface area contributed by atoms with Gasteiger partial charge < -0.3 is 4.57 Å². The molecule has 3 heteroatoms. The minimum atomic E-state index is 0.797. The van der Waals surface area contributed by atoms with E-state index in [-0.39, 0.29) is 0 Å². The lowest BCUT2D eigenvalue weighted by atomic mass is 9.83. The van der Waals surface area contributed by atoms with E-state index in [1.165, 1.54) is 54.5 Å². The van der Waals surface area contributed by atoms with Gasteiger partial charge in [-0.3, -0.25) is 10.3 Å². The average molecular weight is 294 g/mol. The van der Waals surface area contributed by atoms with Crippen molar-refractivity contribution in [1.82, 2.24) is 9.88 Å². The predicted molar refractivity (Wildman–Crippen MR) is 89.4 cm³/mol. The lowest BCUT2D eigenvalue weighted by Gasteiger charge is -2.22. The minimum Gasteiger partial charge on any atom is -0.330 e. The first-order valence-electron chi connectivity index (χ1n) is 8.92. The molecule has 1 fully saturated rings. The van der Waals surface area contributed by atoms with E-state index in [4.69, 9.17) is 0 Å². The van der Waals surface area contributed by atoms with Crippen LogP contribution in [0.3, 0.4) is 0 Å². The molecule has 3 aliphatic rings. The first kappa shape index (κ1) is 12.7. The highest BCUT2D eigenvalue weighted by Gasteiger charge is 2.30. The molecule has 0 saturated heterocycles. The fourth-order valence-corrected chi connectivity index (χ4v) is 4.74. The highest BCUT2D eigenvalue weighted by atomic mass is 15.1. The maximum Gasteiger partial charge on any atom is 0.292 e. The molecule has 1 aromatic heterocycles. The Morgan fingerprint density at radius 1 is 1.14 bits per heavy atom. The maximum atomic E-state index is 3.54. The molecule has 0 spiro atoms. The van der Waals surface area contributed by atoms with E-state index < -0.39 is 0 Å². The molecule has 22 heavy (non-hydrogen) atoms. The smallest absolute Gasteiger partial charge is 0.292 e. The van der Waals surface area contributed by atoms with Crippen LogP contribution in [-0.4, -0.2) is 23.5 Å². The Kier molecular flexibility index (Phi) is 2.82. The Hall–Kier alpha value is -1.77. The quantitative estimate of drug-likeness (QED) is 0.824. The third-order valence-electron chi connectivity index (χ3n) is 5.82. The van der Waals surface area contributed by atoms with Gasteiger partial charge in [-0.25, -0.2) is 0 Å². The van der Waals surface area contributed by atoms with Crippen molar-refractivity contribution in [3.05, 3.63) is 35.0 Å². The van der Waals surface area contributed by atoms with Crippen molar-refractivity contribution in [2.24, 2.45) is 0 Å². The molecule has 0 bridgehead atoms. The normalized spacial score (nSPS) is 21.4. The average Bonchev–Trinajstić information content (AvgIpc) is 2.92. The highest BCUT2D eigenvalue weighted by Crippen LogP contribution is 2.36. The third kappa shape index (κ3) is 1.77.